The first kappa shape index (κ1) is 18.4. The van der Waals surface area contributed by atoms with Gasteiger partial charge in [-0.15, -0.1) is 0 Å². The van der Waals surface area contributed by atoms with Gasteiger partial charge in [0.2, 0.25) is 0 Å². The highest BCUT2D eigenvalue weighted by Gasteiger charge is 2.39. The van der Waals surface area contributed by atoms with Crippen LogP contribution in [0.2, 0.25) is 0 Å². The minimum atomic E-state index is -0.803. The molecule has 0 aromatic heterocycles. The molecular weight excluding hydrogens is 344 g/mol. The molecule has 0 amide bonds. The first-order chi connectivity index (χ1) is 9.53. The summed E-state index contributed by atoms with van der Waals surface area (Å²) in [5.74, 6) is -1.76. The fraction of sp³-hybridized carbons (Fsp3) is 0.857. The summed E-state index contributed by atoms with van der Waals surface area (Å²) < 4.78 is 20.3. The van der Waals surface area contributed by atoms with Crippen LogP contribution in [0.1, 0.15) is 34.6 Å². The van der Waals surface area contributed by atoms with Gasteiger partial charge in [0.05, 0.1) is 6.61 Å². The zero-order valence-corrected chi connectivity index (χ0v) is 14.7. The smallest absolute Gasteiger partial charge is 0.335 e. The van der Waals surface area contributed by atoms with Crippen LogP contribution in [0.15, 0.2) is 0 Å². The van der Waals surface area contributed by atoms with Crippen molar-refractivity contribution in [1.29, 1.82) is 0 Å². The van der Waals surface area contributed by atoms with Crippen molar-refractivity contribution in [2.45, 2.75) is 50.8 Å². The molecule has 6 nitrogen and oxygen atoms in total. The van der Waals surface area contributed by atoms with E-state index < -0.39 is 28.2 Å². The third-order valence-electron chi connectivity index (χ3n) is 2.90. The van der Waals surface area contributed by atoms with Gasteiger partial charge in [0.15, 0.2) is 11.9 Å². The van der Waals surface area contributed by atoms with Gasteiger partial charge >= 0.3 is 11.9 Å². The van der Waals surface area contributed by atoms with E-state index in [1.165, 1.54) is 0 Å². The zero-order chi connectivity index (χ0) is 16.3. The normalized spacial score (nSPS) is 25.2. The molecule has 0 spiro atoms. The van der Waals surface area contributed by atoms with Gasteiger partial charge in [-0.05, 0) is 27.7 Å². The first-order valence-corrected chi connectivity index (χ1v) is 7.67. The van der Waals surface area contributed by atoms with E-state index in [1.54, 1.807) is 27.7 Å². The van der Waals surface area contributed by atoms with E-state index in [9.17, 15) is 9.59 Å². The average molecular weight is 367 g/mol. The summed E-state index contributed by atoms with van der Waals surface area (Å²) in [5, 5.41) is 0. The Morgan fingerprint density at radius 1 is 1.29 bits per heavy atom. The number of carbonyl (C=O) groups is 2. The lowest BCUT2D eigenvalue weighted by Gasteiger charge is -2.38. The highest BCUT2D eigenvalue weighted by molar-refractivity contribution is 9.10. The molecule has 1 fully saturated rings. The SMILES string of the molecule is CC1COC(C)(C)OC1C(=O)OCCOC(=O)C(C)(C)Br. The topological polar surface area (TPSA) is 71.1 Å². The molecule has 0 aromatic rings. The number of halogens is 1. The lowest BCUT2D eigenvalue weighted by atomic mass is 10.0. The van der Waals surface area contributed by atoms with Crippen molar-refractivity contribution < 1.29 is 28.5 Å². The van der Waals surface area contributed by atoms with Crippen molar-refractivity contribution in [3.8, 4) is 0 Å². The number of hydrogen-bond donors (Lipinski definition) is 0. The second kappa shape index (κ2) is 7.07. The van der Waals surface area contributed by atoms with E-state index in [4.69, 9.17) is 18.9 Å². The van der Waals surface area contributed by atoms with Crippen LogP contribution in [-0.2, 0) is 28.5 Å². The molecule has 21 heavy (non-hydrogen) atoms. The average Bonchev–Trinajstić information content (AvgIpc) is 2.35. The van der Waals surface area contributed by atoms with Crippen LogP contribution < -0.4 is 0 Å². The van der Waals surface area contributed by atoms with Crippen LogP contribution in [-0.4, -0.2) is 48.0 Å². The molecule has 2 unspecified atom stereocenters. The summed E-state index contributed by atoms with van der Waals surface area (Å²) >= 11 is 3.19. The zero-order valence-electron chi connectivity index (χ0n) is 13.1. The Balaban J connectivity index is 2.35. The van der Waals surface area contributed by atoms with Gasteiger partial charge in [-0.25, -0.2) is 4.79 Å². The molecule has 1 saturated heterocycles. The van der Waals surface area contributed by atoms with E-state index in [1.807, 2.05) is 6.92 Å². The Bertz CT molecular complexity index is 387. The van der Waals surface area contributed by atoms with Crippen molar-refractivity contribution in [2.75, 3.05) is 19.8 Å². The van der Waals surface area contributed by atoms with Crippen molar-refractivity contribution >= 4 is 27.9 Å². The standard InChI is InChI=1S/C14H23BrO6/c1-9-8-20-14(4,5)21-10(9)11(16)18-6-7-19-12(17)13(2,3)15/h9-10H,6-8H2,1-5H3. The Morgan fingerprint density at radius 2 is 1.86 bits per heavy atom. The number of alkyl halides is 1. The molecule has 1 aliphatic heterocycles. The lowest BCUT2D eigenvalue weighted by Crippen LogP contribution is -2.48. The van der Waals surface area contributed by atoms with Gasteiger partial charge in [-0.1, -0.05) is 22.9 Å². The van der Waals surface area contributed by atoms with E-state index in [0.29, 0.717) is 6.61 Å². The molecular formula is C14H23BrO6. The summed E-state index contributed by atoms with van der Waals surface area (Å²) in [6.07, 6.45) is -0.669. The first-order valence-electron chi connectivity index (χ1n) is 6.87. The van der Waals surface area contributed by atoms with Crippen LogP contribution >= 0.6 is 15.9 Å². The van der Waals surface area contributed by atoms with Crippen LogP contribution in [0.3, 0.4) is 0 Å². The summed E-state index contributed by atoms with van der Waals surface area (Å²) in [6, 6.07) is 0. The third kappa shape index (κ3) is 5.92. The maximum atomic E-state index is 12.0. The molecule has 0 radical (unpaired) electrons. The Kier molecular flexibility index (Phi) is 6.19. The maximum absolute atomic E-state index is 12.0. The van der Waals surface area contributed by atoms with Crippen LogP contribution in [0.4, 0.5) is 0 Å². The largest absolute Gasteiger partial charge is 0.461 e. The predicted molar refractivity (Wildman–Crippen MR) is 79.0 cm³/mol. The van der Waals surface area contributed by atoms with E-state index in [2.05, 4.69) is 15.9 Å². The molecule has 1 aliphatic rings. The molecule has 7 heteroatoms. The lowest BCUT2D eigenvalue weighted by molar-refractivity contribution is -0.289. The van der Waals surface area contributed by atoms with Crippen molar-refractivity contribution in [1.82, 2.24) is 0 Å². The van der Waals surface area contributed by atoms with Crippen molar-refractivity contribution in [2.24, 2.45) is 5.92 Å². The number of carbonyl (C=O) groups excluding carboxylic acids is 2. The Labute approximate surface area is 133 Å². The molecule has 122 valence electrons. The van der Waals surface area contributed by atoms with Crippen molar-refractivity contribution in [3.05, 3.63) is 0 Å². The highest BCUT2D eigenvalue weighted by atomic mass is 79.9. The van der Waals surface area contributed by atoms with Gasteiger partial charge in [-0.2, -0.15) is 0 Å². The third-order valence-corrected chi connectivity index (χ3v) is 3.22. The molecule has 1 heterocycles. The minimum Gasteiger partial charge on any atom is -0.461 e. The summed E-state index contributed by atoms with van der Waals surface area (Å²) in [4.78, 5) is 23.5. The summed E-state index contributed by atoms with van der Waals surface area (Å²) in [5.41, 5.74) is 0. The number of esters is 2. The molecule has 0 saturated carbocycles. The number of hydrogen-bond acceptors (Lipinski definition) is 6. The fourth-order valence-corrected chi connectivity index (χ4v) is 1.80. The van der Waals surface area contributed by atoms with Gasteiger partial charge < -0.3 is 18.9 Å². The quantitative estimate of drug-likeness (QED) is 0.421. The molecule has 0 aliphatic carbocycles. The van der Waals surface area contributed by atoms with Gasteiger partial charge in [0.25, 0.3) is 0 Å². The monoisotopic (exact) mass is 366 g/mol. The van der Waals surface area contributed by atoms with E-state index in [0.717, 1.165) is 0 Å². The molecule has 0 aromatic carbocycles. The van der Waals surface area contributed by atoms with E-state index >= 15 is 0 Å². The van der Waals surface area contributed by atoms with E-state index in [-0.39, 0.29) is 19.1 Å². The predicted octanol–water partition coefficient (Wildman–Crippen LogP) is 2.03. The van der Waals surface area contributed by atoms with Gasteiger partial charge in [0.1, 0.15) is 17.5 Å². The molecule has 2 atom stereocenters. The minimum absolute atomic E-state index is 0.00151. The molecule has 0 bridgehead atoms. The van der Waals surface area contributed by atoms with Crippen LogP contribution in [0.5, 0.6) is 0 Å². The summed E-state index contributed by atoms with van der Waals surface area (Å²) in [6.45, 7) is 9.16. The highest BCUT2D eigenvalue weighted by Crippen LogP contribution is 2.26. The second-order valence-corrected chi connectivity index (χ2v) is 7.98. The van der Waals surface area contributed by atoms with Gasteiger partial charge in [-0.3, -0.25) is 4.79 Å². The Morgan fingerprint density at radius 3 is 2.43 bits per heavy atom. The second-order valence-electron chi connectivity index (χ2n) is 6.00. The van der Waals surface area contributed by atoms with Gasteiger partial charge in [0, 0.05) is 5.92 Å². The Hall–Kier alpha value is -0.660. The molecule has 0 N–H and O–H groups in total. The number of rotatable bonds is 5. The number of ether oxygens (including phenoxy) is 4. The fourth-order valence-electron chi connectivity index (χ4n) is 1.69. The maximum Gasteiger partial charge on any atom is 0.335 e. The van der Waals surface area contributed by atoms with Crippen LogP contribution in [0.25, 0.3) is 0 Å². The summed E-state index contributed by atoms with van der Waals surface area (Å²) in [7, 11) is 0. The van der Waals surface area contributed by atoms with Crippen molar-refractivity contribution in [3.63, 3.8) is 0 Å². The molecule has 1 rings (SSSR count). The van der Waals surface area contributed by atoms with Crippen LogP contribution in [0, 0.1) is 5.92 Å².